The van der Waals surface area contributed by atoms with Gasteiger partial charge in [0.25, 0.3) is 0 Å². The summed E-state index contributed by atoms with van der Waals surface area (Å²) in [4.78, 5) is 22.2. The van der Waals surface area contributed by atoms with Crippen molar-refractivity contribution in [1.82, 2.24) is 5.32 Å². The van der Waals surface area contributed by atoms with Gasteiger partial charge in [-0.3, -0.25) is 9.59 Å². The van der Waals surface area contributed by atoms with Gasteiger partial charge in [-0.1, -0.05) is 18.2 Å². The summed E-state index contributed by atoms with van der Waals surface area (Å²) in [5.41, 5.74) is 6.06. The Morgan fingerprint density at radius 1 is 1.41 bits per heavy atom. The van der Waals surface area contributed by atoms with E-state index in [1.54, 1.807) is 13.2 Å². The molecule has 0 heterocycles. The molecule has 1 aromatic carbocycles. The van der Waals surface area contributed by atoms with Gasteiger partial charge in [0.1, 0.15) is 11.8 Å². The van der Waals surface area contributed by atoms with Gasteiger partial charge >= 0.3 is 0 Å². The van der Waals surface area contributed by atoms with Crippen molar-refractivity contribution in [3.63, 3.8) is 0 Å². The number of nitrogens with one attached hydrogen (secondary N) is 1. The Morgan fingerprint density at radius 2 is 2.06 bits per heavy atom. The summed E-state index contributed by atoms with van der Waals surface area (Å²) in [6.07, 6.45) is 0.318. The van der Waals surface area contributed by atoms with Gasteiger partial charge in [0.2, 0.25) is 11.8 Å². The number of carbonyl (C=O) groups excluding carboxylic acids is 2. The minimum absolute atomic E-state index is 0.288. The molecule has 17 heavy (non-hydrogen) atoms. The molecule has 0 unspecified atom stereocenters. The van der Waals surface area contributed by atoms with Gasteiger partial charge in [-0.15, -0.1) is 0 Å². The molecule has 0 radical (unpaired) electrons. The van der Waals surface area contributed by atoms with Crippen LogP contribution in [0, 0.1) is 0 Å². The number of ether oxygens (including phenoxy) is 1. The van der Waals surface area contributed by atoms with E-state index in [2.05, 4.69) is 5.32 Å². The second-order valence-electron chi connectivity index (χ2n) is 3.67. The summed E-state index contributed by atoms with van der Waals surface area (Å²) in [5, 5.41) is 2.51. The molecule has 1 atom stereocenters. The van der Waals surface area contributed by atoms with Crippen molar-refractivity contribution in [3.8, 4) is 5.75 Å². The molecular weight excluding hydrogens is 220 g/mol. The molecule has 5 nitrogen and oxygen atoms in total. The van der Waals surface area contributed by atoms with E-state index in [9.17, 15) is 9.59 Å². The van der Waals surface area contributed by atoms with Crippen molar-refractivity contribution in [3.05, 3.63) is 29.8 Å². The van der Waals surface area contributed by atoms with E-state index in [0.717, 1.165) is 5.56 Å². The van der Waals surface area contributed by atoms with E-state index < -0.39 is 11.9 Å². The monoisotopic (exact) mass is 236 g/mol. The van der Waals surface area contributed by atoms with Crippen molar-refractivity contribution in [1.29, 1.82) is 0 Å². The first-order valence-corrected chi connectivity index (χ1v) is 5.23. The normalized spacial score (nSPS) is 11.6. The third kappa shape index (κ3) is 3.79. The van der Waals surface area contributed by atoms with Crippen LogP contribution in [0.3, 0.4) is 0 Å². The first-order valence-electron chi connectivity index (χ1n) is 5.23. The average molecular weight is 236 g/mol. The molecule has 0 saturated carbocycles. The number of amides is 2. The number of nitrogens with two attached hydrogens (primary N) is 1. The molecule has 2 amide bonds. The molecule has 0 aliphatic rings. The molecular formula is C12H16N2O3. The first kappa shape index (κ1) is 13.0. The molecule has 0 fully saturated rings. The second kappa shape index (κ2) is 5.89. The zero-order chi connectivity index (χ0) is 12.8. The van der Waals surface area contributed by atoms with Crippen LogP contribution in [0.25, 0.3) is 0 Å². The quantitative estimate of drug-likeness (QED) is 0.767. The van der Waals surface area contributed by atoms with Gasteiger partial charge < -0.3 is 15.8 Å². The molecule has 0 saturated heterocycles. The summed E-state index contributed by atoms with van der Waals surface area (Å²) in [7, 11) is 1.55. The van der Waals surface area contributed by atoms with Crippen LogP contribution in [-0.2, 0) is 16.0 Å². The smallest absolute Gasteiger partial charge is 0.240 e. The molecule has 92 valence electrons. The Bertz CT molecular complexity index is 418. The number of methoxy groups -OCH3 is 1. The Balaban J connectivity index is 2.85. The number of carbonyl (C=O) groups is 2. The summed E-state index contributed by atoms with van der Waals surface area (Å²) >= 11 is 0. The minimum atomic E-state index is -0.719. The number of benzene rings is 1. The van der Waals surface area contributed by atoms with E-state index in [1.807, 2.05) is 18.2 Å². The summed E-state index contributed by atoms with van der Waals surface area (Å²) in [5.74, 6) is -0.182. The maximum Gasteiger partial charge on any atom is 0.240 e. The van der Waals surface area contributed by atoms with Crippen molar-refractivity contribution in [2.75, 3.05) is 7.11 Å². The molecule has 1 aromatic rings. The van der Waals surface area contributed by atoms with Crippen LogP contribution in [0.1, 0.15) is 12.5 Å². The van der Waals surface area contributed by atoms with Crippen molar-refractivity contribution in [2.45, 2.75) is 19.4 Å². The highest BCUT2D eigenvalue weighted by molar-refractivity contribution is 5.85. The molecule has 3 N–H and O–H groups in total. The lowest BCUT2D eigenvalue weighted by Gasteiger charge is -2.16. The molecule has 0 aromatic heterocycles. The topological polar surface area (TPSA) is 81.4 Å². The van der Waals surface area contributed by atoms with Crippen LogP contribution >= 0.6 is 0 Å². The lowest BCUT2D eigenvalue weighted by atomic mass is 10.0. The average Bonchev–Trinajstić information content (AvgIpc) is 2.28. The van der Waals surface area contributed by atoms with Gasteiger partial charge in [-0.25, -0.2) is 0 Å². The fourth-order valence-electron chi connectivity index (χ4n) is 1.56. The van der Waals surface area contributed by atoms with Crippen molar-refractivity contribution < 1.29 is 14.3 Å². The van der Waals surface area contributed by atoms with Crippen LogP contribution in [0.5, 0.6) is 5.75 Å². The second-order valence-corrected chi connectivity index (χ2v) is 3.67. The predicted octanol–water partition coefficient (Wildman–Crippen LogP) is 0.228. The SMILES string of the molecule is COc1ccccc1C[C@@H](NC(C)=O)C(N)=O. The van der Waals surface area contributed by atoms with E-state index in [0.29, 0.717) is 12.2 Å². The van der Waals surface area contributed by atoms with Crippen molar-refractivity contribution >= 4 is 11.8 Å². The number of para-hydroxylation sites is 1. The molecule has 0 bridgehead atoms. The molecule has 5 heteroatoms. The Hall–Kier alpha value is -2.04. The Morgan fingerprint density at radius 3 is 2.59 bits per heavy atom. The lowest BCUT2D eigenvalue weighted by molar-refractivity contribution is -0.126. The van der Waals surface area contributed by atoms with Gasteiger partial charge in [-0.2, -0.15) is 0 Å². The van der Waals surface area contributed by atoms with Gasteiger partial charge in [0.15, 0.2) is 0 Å². The standard InChI is InChI=1S/C12H16N2O3/c1-8(15)14-10(12(13)16)7-9-5-3-4-6-11(9)17-2/h3-6,10H,7H2,1-2H3,(H2,13,16)(H,14,15)/t10-/m1/s1. The number of hydrogen-bond acceptors (Lipinski definition) is 3. The van der Waals surface area contributed by atoms with Crippen LogP contribution in [0.2, 0.25) is 0 Å². The molecule has 1 rings (SSSR count). The Kier molecular flexibility index (Phi) is 4.51. The van der Waals surface area contributed by atoms with Crippen LogP contribution in [0.4, 0.5) is 0 Å². The third-order valence-corrected chi connectivity index (χ3v) is 2.34. The largest absolute Gasteiger partial charge is 0.496 e. The van der Waals surface area contributed by atoms with E-state index >= 15 is 0 Å². The molecule has 0 aliphatic heterocycles. The number of hydrogen-bond donors (Lipinski definition) is 2. The van der Waals surface area contributed by atoms with E-state index in [1.165, 1.54) is 6.92 Å². The van der Waals surface area contributed by atoms with Gasteiger partial charge in [0.05, 0.1) is 7.11 Å². The first-order chi connectivity index (χ1) is 8.04. The zero-order valence-corrected chi connectivity index (χ0v) is 9.90. The Labute approximate surface area is 99.9 Å². The summed E-state index contributed by atoms with van der Waals surface area (Å²) in [6, 6.07) is 6.57. The maximum absolute atomic E-state index is 11.2. The highest BCUT2D eigenvalue weighted by Gasteiger charge is 2.18. The lowest BCUT2D eigenvalue weighted by Crippen LogP contribution is -2.45. The highest BCUT2D eigenvalue weighted by atomic mass is 16.5. The minimum Gasteiger partial charge on any atom is -0.496 e. The van der Waals surface area contributed by atoms with Crippen LogP contribution in [0.15, 0.2) is 24.3 Å². The summed E-state index contributed by atoms with van der Waals surface area (Å²) in [6.45, 7) is 1.35. The molecule has 0 aliphatic carbocycles. The summed E-state index contributed by atoms with van der Waals surface area (Å²) < 4.78 is 5.17. The predicted molar refractivity (Wildman–Crippen MR) is 63.5 cm³/mol. The fraction of sp³-hybridized carbons (Fsp3) is 0.333. The van der Waals surface area contributed by atoms with E-state index in [4.69, 9.17) is 10.5 Å². The molecule has 0 spiro atoms. The van der Waals surface area contributed by atoms with E-state index in [-0.39, 0.29) is 5.91 Å². The van der Waals surface area contributed by atoms with Gasteiger partial charge in [-0.05, 0) is 11.6 Å². The van der Waals surface area contributed by atoms with Crippen LogP contribution in [-0.4, -0.2) is 25.0 Å². The fourth-order valence-corrected chi connectivity index (χ4v) is 1.56. The number of rotatable bonds is 5. The van der Waals surface area contributed by atoms with Crippen LogP contribution < -0.4 is 15.8 Å². The third-order valence-electron chi connectivity index (χ3n) is 2.34. The zero-order valence-electron chi connectivity index (χ0n) is 9.90. The maximum atomic E-state index is 11.2. The highest BCUT2D eigenvalue weighted by Crippen LogP contribution is 2.18. The van der Waals surface area contributed by atoms with Crippen molar-refractivity contribution in [2.24, 2.45) is 5.73 Å². The number of primary amides is 1. The van der Waals surface area contributed by atoms with Gasteiger partial charge in [0, 0.05) is 13.3 Å².